The van der Waals surface area contributed by atoms with E-state index in [9.17, 15) is 4.79 Å². The Labute approximate surface area is 139 Å². The summed E-state index contributed by atoms with van der Waals surface area (Å²) in [6.45, 7) is 7.03. The van der Waals surface area contributed by atoms with Crippen LogP contribution in [0.5, 0.6) is 5.88 Å². The van der Waals surface area contributed by atoms with Crippen LogP contribution < -0.4 is 4.74 Å². The highest BCUT2D eigenvalue weighted by molar-refractivity contribution is 7.13. The van der Waals surface area contributed by atoms with Gasteiger partial charge in [0.25, 0.3) is 5.91 Å². The molecule has 3 rings (SSSR count). The molecule has 0 spiro atoms. The number of nitrogens with zero attached hydrogens (tertiary/aromatic N) is 4. The van der Waals surface area contributed by atoms with Gasteiger partial charge in [0.15, 0.2) is 0 Å². The maximum Gasteiger partial charge on any atom is 0.265 e. The van der Waals surface area contributed by atoms with Crippen LogP contribution in [0, 0.1) is 20.8 Å². The summed E-state index contributed by atoms with van der Waals surface area (Å²) in [5.74, 6) is 0.566. The molecule has 0 aromatic carbocycles. The Morgan fingerprint density at radius 2 is 2.13 bits per heavy atom. The molecule has 0 aliphatic carbocycles. The van der Waals surface area contributed by atoms with Crippen molar-refractivity contribution in [2.24, 2.45) is 0 Å². The van der Waals surface area contributed by atoms with Gasteiger partial charge in [-0.15, -0.1) is 16.4 Å². The summed E-state index contributed by atoms with van der Waals surface area (Å²) in [7, 11) is 0. The summed E-state index contributed by atoms with van der Waals surface area (Å²) in [5, 5.41) is 8.95. The van der Waals surface area contributed by atoms with Gasteiger partial charge >= 0.3 is 0 Å². The highest BCUT2D eigenvalue weighted by Crippen LogP contribution is 2.23. The molecule has 1 fully saturated rings. The molecule has 1 aliphatic heterocycles. The van der Waals surface area contributed by atoms with Gasteiger partial charge < -0.3 is 9.64 Å². The minimum Gasteiger partial charge on any atom is -0.471 e. The van der Waals surface area contributed by atoms with Crippen LogP contribution in [0.25, 0.3) is 0 Å². The van der Waals surface area contributed by atoms with Gasteiger partial charge in [0.1, 0.15) is 11.0 Å². The third kappa shape index (κ3) is 3.67. The van der Waals surface area contributed by atoms with Crippen molar-refractivity contribution in [2.45, 2.75) is 39.7 Å². The minimum absolute atomic E-state index is 0.0426. The van der Waals surface area contributed by atoms with Crippen molar-refractivity contribution >= 4 is 17.2 Å². The normalized spacial score (nSPS) is 18.0. The number of piperidine rings is 1. The van der Waals surface area contributed by atoms with Gasteiger partial charge in [-0.1, -0.05) is 0 Å². The molecule has 0 N–H and O–H groups in total. The molecule has 1 atom stereocenters. The Hall–Kier alpha value is -2.02. The molecule has 0 radical (unpaired) electrons. The van der Waals surface area contributed by atoms with Crippen molar-refractivity contribution in [3.8, 4) is 5.88 Å². The predicted octanol–water partition coefficient (Wildman–Crippen LogP) is 2.54. The van der Waals surface area contributed by atoms with Crippen LogP contribution >= 0.6 is 11.3 Å². The van der Waals surface area contributed by atoms with E-state index in [4.69, 9.17) is 4.74 Å². The fraction of sp³-hybridized carbons (Fsp3) is 0.500. The zero-order valence-electron chi connectivity index (χ0n) is 13.6. The highest BCUT2D eigenvalue weighted by Gasteiger charge is 2.28. The number of ether oxygens (including phenoxy) is 1. The first kappa shape index (κ1) is 15.9. The van der Waals surface area contributed by atoms with Crippen LogP contribution in [0.1, 0.15) is 38.9 Å². The van der Waals surface area contributed by atoms with Gasteiger partial charge in [-0.25, -0.2) is 4.98 Å². The van der Waals surface area contributed by atoms with Crippen molar-refractivity contribution in [2.75, 3.05) is 13.1 Å². The highest BCUT2D eigenvalue weighted by atomic mass is 32.1. The number of hydrogen-bond acceptors (Lipinski definition) is 6. The number of rotatable bonds is 3. The molecule has 0 unspecified atom stereocenters. The van der Waals surface area contributed by atoms with Gasteiger partial charge in [0.05, 0.1) is 22.9 Å². The average molecular weight is 332 g/mol. The largest absolute Gasteiger partial charge is 0.471 e. The van der Waals surface area contributed by atoms with Crippen LogP contribution in [-0.4, -0.2) is 45.2 Å². The molecule has 122 valence electrons. The Kier molecular flexibility index (Phi) is 4.56. The van der Waals surface area contributed by atoms with Gasteiger partial charge in [0.2, 0.25) is 5.88 Å². The zero-order chi connectivity index (χ0) is 16.4. The zero-order valence-corrected chi connectivity index (χ0v) is 14.4. The predicted molar refractivity (Wildman–Crippen MR) is 87.9 cm³/mol. The molecule has 23 heavy (non-hydrogen) atoms. The van der Waals surface area contributed by atoms with E-state index in [0.717, 1.165) is 40.7 Å². The van der Waals surface area contributed by atoms with Crippen LogP contribution in [0.15, 0.2) is 12.1 Å². The first-order chi connectivity index (χ1) is 11.0. The first-order valence-electron chi connectivity index (χ1n) is 7.73. The third-order valence-corrected chi connectivity index (χ3v) is 4.88. The van der Waals surface area contributed by atoms with E-state index in [2.05, 4.69) is 15.2 Å². The van der Waals surface area contributed by atoms with E-state index >= 15 is 0 Å². The first-order valence-corrected chi connectivity index (χ1v) is 8.55. The maximum absolute atomic E-state index is 12.7. The summed E-state index contributed by atoms with van der Waals surface area (Å²) < 4.78 is 5.88. The molecule has 6 nitrogen and oxygen atoms in total. The fourth-order valence-corrected chi connectivity index (χ4v) is 3.60. The number of amides is 1. The molecule has 3 heterocycles. The molecule has 1 saturated heterocycles. The molecule has 1 aliphatic rings. The van der Waals surface area contributed by atoms with Crippen molar-refractivity contribution in [1.82, 2.24) is 20.1 Å². The third-order valence-electron chi connectivity index (χ3n) is 3.82. The second-order valence-corrected chi connectivity index (χ2v) is 7.00. The maximum atomic E-state index is 12.7. The smallest absolute Gasteiger partial charge is 0.265 e. The average Bonchev–Trinajstić information content (AvgIpc) is 2.88. The van der Waals surface area contributed by atoms with Crippen molar-refractivity contribution in [3.05, 3.63) is 33.4 Å². The van der Waals surface area contributed by atoms with E-state index in [-0.39, 0.29) is 12.0 Å². The lowest BCUT2D eigenvalue weighted by Crippen LogP contribution is -2.44. The molecule has 2 aromatic rings. The molecule has 2 aromatic heterocycles. The van der Waals surface area contributed by atoms with Gasteiger partial charge in [-0.3, -0.25) is 4.79 Å². The van der Waals surface area contributed by atoms with Crippen molar-refractivity contribution < 1.29 is 9.53 Å². The summed E-state index contributed by atoms with van der Waals surface area (Å²) in [5.41, 5.74) is 1.67. The van der Waals surface area contributed by atoms with Crippen LogP contribution in [0.3, 0.4) is 0 Å². The summed E-state index contributed by atoms with van der Waals surface area (Å²) in [4.78, 5) is 19.6. The topological polar surface area (TPSA) is 68.2 Å². The molecular weight excluding hydrogens is 312 g/mol. The second-order valence-electron chi connectivity index (χ2n) is 5.79. The number of thiazole rings is 1. The monoisotopic (exact) mass is 332 g/mol. The van der Waals surface area contributed by atoms with Gasteiger partial charge in [0, 0.05) is 12.6 Å². The second kappa shape index (κ2) is 6.62. The number of carbonyl (C=O) groups is 1. The van der Waals surface area contributed by atoms with Gasteiger partial charge in [-0.2, -0.15) is 5.10 Å². The standard InChI is InChI=1S/C16H20N4O2S/c1-10-6-7-14(19-18-10)22-13-5-4-8-20(9-13)16(21)15-11(2)17-12(3)23-15/h6-7,13H,4-5,8-9H2,1-3H3/t13-/m0/s1. The summed E-state index contributed by atoms with van der Waals surface area (Å²) in [6, 6.07) is 3.69. The molecule has 7 heteroatoms. The SMILES string of the molecule is Cc1ccc(O[C@H]2CCCN(C(=O)c3sc(C)nc3C)C2)nn1. The molecular formula is C16H20N4O2S. The number of aromatic nitrogens is 3. The Bertz CT molecular complexity index is 699. The Balaban J connectivity index is 1.67. The lowest BCUT2D eigenvalue weighted by Gasteiger charge is -2.32. The van der Waals surface area contributed by atoms with Crippen molar-refractivity contribution in [3.63, 3.8) is 0 Å². The van der Waals surface area contributed by atoms with E-state index in [1.54, 1.807) is 0 Å². The summed E-state index contributed by atoms with van der Waals surface area (Å²) in [6.07, 6.45) is 1.80. The quantitative estimate of drug-likeness (QED) is 0.864. The van der Waals surface area contributed by atoms with Crippen LogP contribution in [0.2, 0.25) is 0 Å². The number of likely N-dealkylation sites (tertiary alicyclic amines) is 1. The fourth-order valence-electron chi connectivity index (χ4n) is 2.71. The van der Waals surface area contributed by atoms with Crippen molar-refractivity contribution in [1.29, 1.82) is 0 Å². The molecule has 1 amide bonds. The van der Waals surface area contributed by atoms with E-state index in [1.807, 2.05) is 37.8 Å². The number of aryl methyl sites for hydroxylation is 3. The van der Waals surface area contributed by atoms with E-state index in [1.165, 1.54) is 11.3 Å². The Morgan fingerprint density at radius 3 is 2.78 bits per heavy atom. The van der Waals surface area contributed by atoms with Crippen LogP contribution in [0.4, 0.5) is 0 Å². The molecule has 0 bridgehead atoms. The lowest BCUT2D eigenvalue weighted by molar-refractivity contribution is 0.0529. The minimum atomic E-state index is -0.0426. The van der Waals surface area contributed by atoms with Crippen LogP contribution in [-0.2, 0) is 0 Å². The molecule has 0 saturated carbocycles. The Morgan fingerprint density at radius 1 is 1.30 bits per heavy atom. The van der Waals surface area contributed by atoms with E-state index in [0.29, 0.717) is 12.4 Å². The van der Waals surface area contributed by atoms with E-state index < -0.39 is 0 Å². The summed E-state index contributed by atoms with van der Waals surface area (Å²) >= 11 is 1.46. The van der Waals surface area contributed by atoms with Gasteiger partial charge in [-0.05, 0) is 39.7 Å². The lowest BCUT2D eigenvalue weighted by atomic mass is 10.1. The number of carbonyl (C=O) groups excluding carboxylic acids is 1. The number of hydrogen-bond donors (Lipinski definition) is 0.